The number of hydrogen-bond acceptors (Lipinski definition) is 6. The summed E-state index contributed by atoms with van der Waals surface area (Å²) in [7, 11) is 0. The maximum Gasteiger partial charge on any atom is 0.408 e. The third-order valence-corrected chi connectivity index (χ3v) is 7.62. The summed E-state index contributed by atoms with van der Waals surface area (Å²) in [5, 5.41) is 12.9. The molecule has 3 heterocycles. The number of alkyl carbamates (subject to hydrolysis) is 1. The lowest BCUT2D eigenvalue weighted by Crippen LogP contribution is -2.35. The first-order valence-electron chi connectivity index (χ1n) is 11.9. The van der Waals surface area contributed by atoms with Crippen molar-refractivity contribution in [2.75, 3.05) is 0 Å². The maximum atomic E-state index is 12.9. The van der Waals surface area contributed by atoms with Gasteiger partial charge in [-0.15, -0.1) is 11.3 Å². The van der Waals surface area contributed by atoms with Crippen LogP contribution in [0.25, 0.3) is 21.6 Å². The number of carboxylic acid groups (broad SMARTS) is 1. The van der Waals surface area contributed by atoms with E-state index in [1.165, 1.54) is 11.1 Å². The molecule has 3 aromatic rings. The van der Waals surface area contributed by atoms with Crippen LogP contribution in [0.5, 0.6) is 0 Å². The molecule has 35 heavy (non-hydrogen) atoms. The summed E-state index contributed by atoms with van der Waals surface area (Å²) in [6.45, 7) is 7.43. The third kappa shape index (κ3) is 4.57. The zero-order valence-electron chi connectivity index (χ0n) is 20.3. The van der Waals surface area contributed by atoms with Crippen molar-refractivity contribution < 1.29 is 19.4 Å². The van der Waals surface area contributed by atoms with Crippen molar-refractivity contribution in [2.24, 2.45) is 0 Å². The number of rotatable bonds is 4. The Morgan fingerprint density at radius 3 is 2.63 bits per heavy atom. The van der Waals surface area contributed by atoms with E-state index in [4.69, 9.17) is 9.72 Å². The standard InChI is InChI=1S/C26H29N3O5S/c1-13-10-16-22(30)17(24(31)32)12-29(14-8-9-14)23(16)28-21(13)20-11-15-18(6-5-7-19(15)35-20)27-25(33)34-26(2,3)4/h10-12,14,18H,5-9H2,1-4H3,(H,27,33)(H,31,32). The monoisotopic (exact) mass is 495 g/mol. The molecule has 1 amide bonds. The minimum atomic E-state index is -1.22. The normalized spacial score (nSPS) is 17.8. The molecule has 3 aromatic heterocycles. The van der Waals surface area contributed by atoms with E-state index in [2.05, 4.69) is 11.4 Å². The van der Waals surface area contributed by atoms with Gasteiger partial charge in [-0.25, -0.2) is 14.6 Å². The summed E-state index contributed by atoms with van der Waals surface area (Å²) >= 11 is 1.66. The Hall–Kier alpha value is -3.20. The Bertz CT molecular complexity index is 1410. The van der Waals surface area contributed by atoms with Gasteiger partial charge in [0, 0.05) is 17.1 Å². The number of nitrogens with one attached hydrogen (secondary N) is 1. The summed E-state index contributed by atoms with van der Waals surface area (Å²) in [4.78, 5) is 44.1. The van der Waals surface area contributed by atoms with Crippen molar-refractivity contribution in [3.8, 4) is 10.6 Å². The summed E-state index contributed by atoms with van der Waals surface area (Å²) in [5.41, 5.74) is 1.92. The Labute approximate surface area is 206 Å². The average molecular weight is 496 g/mol. The van der Waals surface area contributed by atoms with Crippen LogP contribution in [0.2, 0.25) is 0 Å². The van der Waals surface area contributed by atoms with Crippen molar-refractivity contribution in [1.29, 1.82) is 0 Å². The molecule has 2 aliphatic rings. The molecule has 1 saturated carbocycles. The van der Waals surface area contributed by atoms with E-state index in [-0.39, 0.29) is 17.6 Å². The van der Waals surface area contributed by atoms with E-state index in [0.29, 0.717) is 11.0 Å². The fraction of sp³-hybridized carbons (Fsp3) is 0.462. The van der Waals surface area contributed by atoms with E-state index in [1.807, 2.05) is 32.3 Å². The van der Waals surface area contributed by atoms with Gasteiger partial charge >= 0.3 is 12.1 Å². The number of hydrogen-bond donors (Lipinski definition) is 2. The van der Waals surface area contributed by atoms with Crippen LogP contribution < -0.4 is 10.7 Å². The van der Waals surface area contributed by atoms with Crippen LogP contribution in [0.15, 0.2) is 23.1 Å². The minimum absolute atomic E-state index is 0.123. The molecule has 1 fully saturated rings. The number of aromatic carboxylic acids is 1. The van der Waals surface area contributed by atoms with Crippen LogP contribution in [-0.2, 0) is 11.2 Å². The Morgan fingerprint density at radius 1 is 1.23 bits per heavy atom. The van der Waals surface area contributed by atoms with Crippen LogP contribution in [0.1, 0.15) is 84.9 Å². The van der Waals surface area contributed by atoms with Gasteiger partial charge in [0.05, 0.1) is 22.0 Å². The van der Waals surface area contributed by atoms with Crippen molar-refractivity contribution in [3.05, 3.63) is 50.1 Å². The molecule has 2 N–H and O–H groups in total. The highest BCUT2D eigenvalue weighted by Crippen LogP contribution is 2.42. The highest BCUT2D eigenvalue weighted by molar-refractivity contribution is 7.15. The summed E-state index contributed by atoms with van der Waals surface area (Å²) in [6.07, 6.45) is 5.64. The van der Waals surface area contributed by atoms with Crippen LogP contribution in [-0.4, -0.2) is 32.3 Å². The molecular formula is C26H29N3O5S. The molecule has 0 saturated heterocycles. The zero-order chi connectivity index (χ0) is 25.1. The molecular weight excluding hydrogens is 466 g/mol. The van der Waals surface area contributed by atoms with E-state index in [1.54, 1.807) is 17.4 Å². The molecule has 5 rings (SSSR count). The predicted octanol–water partition coefficient (Wildman–Crippen LogP) is 5.37. The molecule has 0 spiro atoms. The maximum absolute atomic E-state index is 12.9. The number of carboxylic acids is 1. The summed E-state index contributed by atoms with van der Waals surface area (Å²) in [5.74, 6) is -1.22. The number of aryl methyl sites for hydroxylation is 2. The topological polar surface area (TPSA) is 111 Å². The van der Waals surface area contributed by atoms with Crippen LogP contribution in [0, 0.1) is 6.92 Å². The highest BCUT2D eigenvalue weighted by atomic mass is 32.1. The second-order valence-electron chi connectivity index (χ2n) is 10.4. The molecule has 0 radical (unpaired) electrons. The van der Waals surface area contributed by atoms with Gasteiger partial charge < -0.3 is 19.7 Å². The molecule has 8 nitrogen and oxygen atoms in total. The van der Waals surface area contributed by atoms with E-state index < -0.39 is 23.1 Å². The second kappa shape index (κ2) is 8.48. The van der Waals surface area contributed by atoms with E-state index >= 15 is 0 Å². The van der Waals surface area contributed by atoms with Crippen LogP contribution in [0.4, 0.5) is 4.79 Å². The van der Waals surface area contributed by atoms with Gasteiger partial charge in [0.1, 0.15) is 16.8 Å². The lowest BCUT2D eigenvalue weighted by molar-refractivity contribution is 0.0498. The minimum Gasteiger partial charge on any atom is -0.477 e. The first-order chi connectivity index (χ1) is 16.5. The van der Waals surface area contributed by atoms with Gasteiger partial charge in [0.25, 0.3) is 0 Å². The van der Waals surface area contributed by atoms with E-state index in [9.17, 15) is 19.5 Å². The van der Waals surface area contributed by atoms with Crippen molar-refractivity contribution in [3.63, 3.8) is 0 Å². The van der Waals surface area contributed by atoms with Crippen molar-refractivity contribution >= 4 is 34.4 Å². The van der Waals surface area contributed by atoms with Crippen LogP contribution in [0.3, 0.4) is 0 Å². The molecule has 0 aromatic carbocycles. The number of thiophene rings is 1. The average Bonchev–Trinajstić information content (AvgIpc) is 3.50. The SMILES string of the molecule is Cc1cc2c(=O)c(C(=O)O)cn(C3CC3)c2nc1-c1cc2c(s1)CCCC2NC(=O)OC(C)(C)C. The quantitative estimate of drug-likeness (QED) is 0.504. The van der Waals surface area contributed by atoms with Gasteiger partial charge in [-0.3, -0.25) is 4.79 Å². The Morgan fingerprint density at radius 2 is 1.97 bits per heavy atom. The van der Waals surface area contributed by atoms with E-state index in [0.717, 1.165) is 53.8 Å². The zero-order valence-corrected chi connectivity index (χ0v) is 21.1. The third-order valence-electron chi connectivity index (χ3n) is 6.40. The fourth-order valence-corrected chi connectivity index (χ4v) is 6.00. The highest BCUT2D eigenvalue weighted by Gasteiger charge is 2.30. The van der Waals surface area contributed by atoms with Gasteiger partial charge in [-0.05, 0) is 83.1 Å². The smallest absolute Gasteiger partial charge is 0.408 e. The van der Waals surface area contributed by atoms with Gasteiger partial charge in [-0.2, -0.15) is 0 Å². The van der Waals surface area contributed by atoms with Gasteiger partial charge in [-0.1, -0.05) is 0 Å². The number of amides is 1. The number of nitrogens with zero attached hydrogens (tertiary/aromatic N) is 2. The summed E-state index contributed by atoms with van der Waals surface area (Å²) in [6, 6.07) is 3.90. The largest absolute Gasteiger partial charge is 0.477 e. The summed E-state index contributed by atoms with van der Waals surface area (Å²) < 4.78 is 7.31. The molecule has 1 atom stereocenters. The first-order valence-corrected chi connectivity index (χ1v) is 12.8. The number of pyridine rings is 2. The van der Waals surface area contributed by atoms with Crippen LogP contribution >= 0.6 is 11.3 Å². The Kier molecular flexibility index (Phi) is 5.70. The van der Waals surface area contributed by atoms with Gasteiger partial charge in [0.15, 0.2) is 0 Å². The number of carbonyl (C=O) groups is 2. The fourth-order valence-electron chi connectivity index (χ4n) is 4.68. The molecule has 0 aliphatic heterocycles. The lowest BCUT2D eigenvalue weighted by atomic mass is 9.93. The predicted molar refractivity (Wildman–Crippen MR) is 134 cm³/mol. The number of carbonyl (C=O) groups excluding carboxylic acids is 1. The number of fused-ring (bicyclic) bond motifs is 2. The first kappa shape index (κ1) is 23.5. The Balaban J connectivity index is 1.56. The molecule has 1 unspecified atom stereocenters. The molecule has 184 valence electrons. The second-order valence-corrected chi connectivity index (χ2v) is 11.6. The van der Waals surface area contributed by atoms with Crippen molar-refractivity contribution in [1.82, 2.24) is 14.9 Å². The molecule has 2 aliphatic carbocycles. The number of aromatic nitrogens is 2. The lowest BCUT2D eigenvalue weighted by Gasteiger charge is -2.26. The van der Waals surface area contributed by atoms with Gasteiger partial charge in [0.2, 0.25) is 5.43 Å². The molecule has 9 heteroatoms. The number of ether oxygens (including phenoxy) is 1. The molecule has 0 bridgehead atoms. The van der Waals surface area contributed by atoms with Crippen molar-refractivity contribution in [2.45, 2.75) is 77.5 Å².